The Morgan fingerprint density at radius 3 is 1.43 bits per heavy atom. The summed E-state index contributed by atoms with van der Waals surface area (Å²) in [5.41, 5.74) is 16.0. The normalized spacial score (nSPS) is 12.3. The second-order valence-corrected chi connectivity index (χ2v) is 9.63. The van der Waals surface area contributed by atoms with Crippen molar-refractivity contribution >= 4 is 0 Å². The zero-order chi connectivity index (χ0) is 30.0. The van der Waals surface area contributed by atoms with E-state index in [2.05, 4.69) is 40.8 Å². The van der Waals surface area contributed by atoms with Crippen molar-refractivity contribution in [1.82, 2.24) is 0 Å². The molecule has 0 bridgehead atoms. The number of aliphatic hydroxyl groups is 5. The summed E-state index contributed by atoms with van der Waals surface area (Å²) in [5.74, 6) is 0. The minimum Gasteiger partial charge on any atom is -1.00 e. The molecular formula is C27H59N6NaO6. The van der Waals surface area contributed by atoms with Crippen molar-refractivity contribution in [3.63, 3.8) is 0 Å². The van der Waals surface area contributed by atoms with E-state index < -0.39 is 12.1 Å². The molecule has 1 unspecified atom stereocenters. The summed E-state index contributed by atoms with van der Waals surface area (Å²) in [4.78, 5) is 5.00. The van der Waals surface area contributed by atoms with E-state index in [0.717, 1.165) is 32.1 Å². The number of unbranched alkanes of at least 4 members (excludes halogenated alkanes) is 8. The Labute approximate surface area is 265 Å². The molecule has 0 saturated heterocycles. The van der Waals surface area contributed by atoms with Crippen LogP contribution in [0.2, 0.25) is 0 Å². The first-order chi connectivity index (χ1) is 18.9. The van der Waals surface area contributed by atoms with Crippen LogP contribution in [-0.4, -0.2) is 82.9 Å². The van der Waals surface area contributed by atoms with E-state index in [1.165, 1.54) is 57.8 Å². The number of aliphatic hydroxyl groups excluding tert-OH is 5. The van der Waals surface area contributed by atoms with Crippen LogP contribution in [0, 0.1) is 0 Å². The molecule has 40 heavy (non-hydrogen) atoms. The zero-order valence-electron chi connectivity index (χ0n) is 26.8. The Kier molecular flexibility index (Phi) is 46.9. The van der Waals surface area contributed by atoms with Gasteiger partial charge < -0.3 is 31.7 Å². The molecule has 0 amide bonds. The van der Waals surface area contributed by atoms with Crippen molar-refractivity contribution < 1.29 is 61.3 Å². The average molecular weight is 587 g/mol. The maximum absolute atomic E-state index is 9.72. The molecule has 0 rings (SSSR count). The second kappa shape index (κ2) is 40.5. The topological polar surface area (TPSA) is 208 Å². The summed E-state index contributed by atoms with van der Waals surface area (Å²) >= 11 is 0. The molecule has 0 saturated carbocycles. The van der Waals surface area contributed by atoms with Crippen LogP contribution in [0.25, 0.3) is 20.9 Å². The molecule has 0 radical (unpaired) electrons. The first-order valence-corrected chi connectivity index (χ1v) is 14.7. The number of hydrogen-bond acceptors (Lipinski definition) is 8. The van der Waals surface area contributed by atoms with E-state index in [0.29, 0.717) is 13.0 Å². The SMILES string of the molecule is CCCCCCC[C@@H](O)CCC.CCCCCCC[C@@H](O)CCOCC(CO)N=[N+]=[N-].[H-].[N-]=[N+]=NC(CO)CO.[Na+]. The van der Waals surface area contributed by atoms with Crippen LogP contribution in [0.3, 0.4) is 0 Å². The standard InChI is InChI=1S/C13H27N3O3.C11H24O.C3H7N3O2.Na.H/c1-2-3-4-5-6-7-13(18)8-9-19-11-12(10-17)15-16-14;1-3-5-6-7-8-10-11(12)9-4-2;4-6-5-3(1-7)2-8;;/h12-13,17-18H,2-11H2,1H3;11-12H,3-10H2,1-2H3;3,7-8H,1-2H2;;/q;;;+1;-1/t12?,13-;11-;;;/m10.../s1. The maximum Gasteiger partial charge on any atom is 1.00 e. The van der Waals surface area contributed by atoms with Crippen LogP contribution in [0.4, 0.5) is 0 Å². The van der Waals surface area contributed by atoms with Crippen molar-refractivity contribution in [2.75, 3.05) is 33.0 Å². The molecule has 12 nitrogen and oxygen atoms in total. The quantitative estimate of drug-likeness (QED) is 0.0377. The van der Waals surface area contributed by atoms with E-state index in [4.69, 9.17) is 31.1 Å². The first kappa shape index (κ1) is 46.3. The number of ether oxygens (including phenoxy) is 1. The van der Waals surface area contributed by atoms with Crippen LogP contribution in [0.15, 0.2) is 10.2 Å². The van der Waals surface area contributed by atoms with Gasteiger partial charge >= 0.3 is 29.6 Å². The summed E-state index contributed by atoms with van der Waals surface area (Å²) in [7, 11) is 0. The molecule has 5 N–H and O–H groups in total. The third-order valence-electron chi connectivity index (χ3n) is 5.87. The van der Waals surface area contributed by atoms with Crippen LogP contribution >= 0.6 is 0 Å². The van der Waals surface area contributed by atoms with Crippen LogP contribution in [0.1, 0.15) is 119 Å². The fourth-order valence-electron chi connectivity index (χ4n) is 3.43. The van der Waals surface area contributed by atoms with Gasteiger partial charge in [0.15, 0.2) is 0 Å². The van der Waals surface area contributed by atoms with Crippen LogP contribution < -0.4 is 29.6 Å². The van der Waals surface area contributed by atoms with Gasteiger partial charge in [0.1, 0.15) is 0 Å². The Balaban J connectivity index is -0.000000169. The Bertz CT molecular complexity index is 586. The van der Waals surface area contributed by atoms with Crippen molar-refractivity contribution in [3.05, 3.63) is 20.9 Å². The van der Waals surface area contributed by atoms with Crippen molar-refractivity contribution in [3.8, 4) is 0 Å². The summed E-state index contributed by atoms with van der Waals surface area (Å²) in [6.45, 7) is 6.33. The van der Waals surface area contributed by atoms with E-state index >= 15 is 0 Å². The van der Waals surface area contributed by atoms with E-state index in [-0.39, 0.29) is 69.6 Å². The summed E-state index contributed by atoms with van der Waals surface area (Å²) in [6.07, 6.45) is 16.6. The zero-order valence-corrected chi connectivity index (χ0v) is 27.8. The Hall–Kier alpha value is -0.620. The first-order valence-electron chi connectivity index (χ1n) is 14.7. The predicted octanol–water partition coefficient (Wildman–Crippen LogP) is 3.06. The second-order valence-electron chi connectivity index (χ2n) is 9.63. The van der Waals surface area contributed by atoms with Gasteiger partial charge in [-0.15, -0.1) is 0 Å². The minimum absolute atomic E-state index is 0. The van der Waals surface area contributed by atoms with E-state index in [9.17, 15) is 10.2 Å². The Morgan fingerprint density at radius 1 is 0.625 bits per heavy atom. The molecule has 0 aliphatic heterocycles. The predicted molar refractivity (Wildman–Crippen MR) is 157 cm³/mol. The summed E-state index contributed by atoms with van der Waals surface area (Å²) in [6, 6.07) is -1.21. The van der Waals surface area contributed by atoms with Crippen molar-refractivity contribution in [2.24, 2.45) is 10.2 Å². The van der Waals surface area contributed by atoms with Gasteiger partial charge in [-0.05, 0) is 36.7 Å². The monoisotopic (exact) mass is 586 g/mol. The Morgan fingerprint density at radius 2 is 1.05 bits per heavy atom. The van der Waals surface area contributed by atoms with Gasteiger partial charge in [-0.3, -0.25) is 0 Å². The van der Waals surface area contributed by atoms with Gasteiger partial charge in [0.2, 0.25) is 0 Å². The van der Waals surface area contributed by atoms with E-state index in [1.54, 1.807) is 0 Å². The fourth-order valence-corrected chi connectivity index (χ4v) is 3.43. The largest absolute Gasteiger partial charge is 1.00 e. The number of hydrogen-bond donors (Lipinski definition) is 5. The molecule has 0 spiro atoms. The summed E-state index contributed by atoms with van der Waals surface area (Å²) < 4.78 is 5.27. The van der Waals surface area contributed by atoms with Gasteiger partial charge in [-0.2, -0.15) is 0 Å². The van der Waals surface area contributed by atoms with Crippen molar-refractivity contribution in [2.45, 2.75) is 141 Å². The molecule has 13 heteroatoms. The third-order valence-corrected chi connectivity index (χ3v) is 5.87. The van der Waals surface area contributed by atoms with Gasteiger partial charge in [0.25, 0.3) is 0 Å². The molecule has 0 aromatic rings. The number of azide groups is 2. The molecule has 0 aromatic heterocycles. The van der Waals surface area contributed by atoms with Crippen LogP contribution in [0.5, 0.6) is 0 Å². The van der Waals surface area contributed by atoms with Gasteiger partial charge in [0, 0.05) is 16.4 Å². The molecule has 0 heterocycles. The molecular weight excluding hydrogens is 527 g/mol. The maximum atomic E-state index is 9.72. The molecule has 234 valence electrons. The van der Waals surface area contributed by atoms with Gasteiger partial charge in [-0.1, -0.05) is 102 Å². The molecule has 0 aliphatic carbocycles. The molecule has 0 aromatic carbocycles. The molecule has 0 fully saturated rings. The van der Waals surface area contributed by atoms with E-state index in [1.807, 2.05) is 0 Å². The average Bonchev–Trinajstić information content (AvgIpc) is 2.94. The molecule has 0 aliphatic rings. The summed E-state index contributed by atoms with van der Waals surface area (Å²) in [5, 5.41) is 50.9. The van der Waals surface area contributed by atoms with Crippen molar-refractivity contribution in [1.29, 1.82) is 0 Å². The van der Waals surface area contributed by atoms with Gasteiger partial charge in [-0.25, -0.2) is 0 Å². The molecule has 3 atom stereocenters. The van der Waals surface area contributed by atoms with Crippen LogP contribution in [-0.2, 0) is 4.74 Å². The minimum atomic E-state index is -0.681. The number of nitrogens with zero attached hydrogens (tertiary/aromatic N) is 6. The van der Waals surface area contributed by atoms with Gasteiger partial charge in [0.05, 0.1) is 50.7 Å². The number of rotatable bonds is 24. The third kappa shape index (κ3) is 39.5. The fraction of sp³-hybridized carbons (Fsp3) is 1.00. The smallest absolute Gasteiger partial charge is 1.00 e.